The van der Waals surface area contributed by atoms with Crippen molar-refractivity contribution in [2.75, 3.05) is 26.4 Å². The van der Waals surface area contributed by atoms with Gasteiger partial charge in [0.05, 0.1) is 38.6 Å². The van der Waals surface area contributed by atoms with Gasteiger partial charge in [0.15, 0.2) is 18.9 Å². The van der Waals surface area contributed by atoms with Gasteiger partial charge >= 0.3 is 0 Å². The van der Waals surface area contributed by atoms with E-state index in [1.165, 1.54) is 25.7 Å². The van der Waals surface area contributed by atoms with E-state index in [0.29, 0.717) is 6.42 Å². The molecule has 17 atom stereocenters. The van der Waals surface area contributed by atoms with Crippen molar-refractivity contribution in [3.05, 3.63) is 158 Å². The standard InChI is InChI=1S/C76H121NO18/c1-3-5-7-9-11-13-14-15-16-17-18-19-20-21-22-23-24-25-26-27-28-29-30-31-32-33-34-35-36-37-38-39-40-41-42-43-44-46-48-50-52-54-64(82)77-59(60(81)53-51-49-47-45-12-10-8-6-4-2)58-90-74-70(88)67(85)72(62(56-79)92-74)95-76-71(89)68(86)73(63(57-80)93-76)94-75-69(87)66(84)65(83)61(55-78)91-75/h5,7,11,13,15-16,18-19,21-22,24-25,27-28,30-31,33-34,36-37,39-40,42-43,51,53,59-63,65-76,78-81,83-89H,3-4,6,8-10,12,14,17,20,23,26,29,32,35,38,41,44-50,52,54-58H2,1-2H3,(H,77,82)/b7-5-,13-11-,16-15-,19-18-,22-21-,25-24-,28-27-,31-30-,34-33-,37-36-,40-39-,43-42-,53-51+. The van der Waals surface area contributed by atoms with Crippen LogP contribution in [0.4, 0.5) is 0 Å². The Hall–Kier alpha value is -4.59. The van der Waals surface area contributed by atoms with E-state index in [1.807, 2.05) is 6.08 Å². The van der Waals surface area contributed by atoms with Gasteiger partial charge in [0.25, 0.3) is 0 Å². The smallest absolute Gasteiger partial charge is 0.220 e. The molecule has 19 heteroatoms. The van der Waals surface area contributed by atoms with E-state index in [-0.39, 0.29) is 18.9 Å². The van der Waals surface area contributed by atoms with E-state index in [1.54, 1.807) is 6.08 Å². The topological polar surface area (TPSA) is 307 Å². The Balaban J connectivity index is 1.33. The first-order valence-electron chi connectivity index (χ1n) is 35.2. The SMILES string of the molecule is CC/C=C\C/C=C\C/C=C\C/C=C\C/C=C\C/C=C\C/C=C\C/C=C\C/C=C\C/C=C\C/C=C\C/C=C\CCCCCCC(=O)NC(COC1OC(CO)C(OC2OC(CO)C(OC3OC(CO)C(O)C(O)C3O)C(O)C2O)C(O)C1O)C(O)/C=C/CCCCCCCCC. The maximum atomic E-state index is 13.3. The molecule has 3 heterocycles. The zero-order valence-electron chi connectivity index (χ0n) is 56.8. The second-order valence-electron chi connectivity index (χ2n) is 24.3. The van der Waals surface area contributed by atoms with E-state index in [2.05, 4.69) is 165 Å². The van der Waals surface area contributed by atoms with E-state index in [0.717, 1.165) is 128 Å². The van der Waals surface area contributed by atoms with Gasteiger partial charge in [-0.3, -0.25) is 4.79 Å². The van der Waals surface area contributed by atoms with Crippen molar-refractivity contribution < 1.29 is 89.4 Å². The van der Waals surface area contributed by atoms with Crippen LogP contribution in [0.3, 0.4) is 0 Å². The van der Waals surface area contributed by atoms with Crippen LogP contribution in [0.2, 0.25) is 0 Å². The molecule has 0 aromatic heterocycles. The highest BCUT2D eigenvalue weighted by molar-refractivity contribution is 5.76. The van der Waals surface area contributed by atoms with Crippen molar-refractivity contribution in [1.29, 1.82) is 0 Å². The van der Waals surface area contributed by atoms with Crippen LogP contribution in [-0.2, 0) is 33.2 Å². The molecule has 0 aromatic carbocycles. The monoisotopic (exact) mass is 1340 g/mol. The molecule has 1 amide bonds. The molecule has 0 bridgehead atoms. The Bertz CT molecular complexity index is 2340. The molecule has 0 spiro atoms. The second-order valence-corrected chi connectivity index (χ2v) is 24.3. The first kappa shape index (κ1) is 84.6. The van der Waals surface area contributed by atoms with Gasteiger partial charge in [-0.15, -0.1) is 0 Å². The fraction of sp³-hybridized carbons (Fsp3) is 0.645. The number of amides is 1. The van der Waals surface area contributed by atoms with Crippen molar-refractivity contribution in [2.24, 2.45) is 0 Å². The summed E-state index contributed by atoms with van der Waals surface area (Å²) in [7, 11) is 0. The first-order chi connectivity index (χ1) is 46.3. The van der Waals surface area contributed by atoms with Crippen molar-refractivity contribution in [3.63, 3.8) is 0 Å². The third kappa shape index (κ3) is 36.7. The van der Waals surface area contributed by atoms with Crippen molar-refractivity contribution >= 4 is 5.91 Å². The minimum atomic E-state index is -1.99. The van der Waals surface area contributed by atoms with Gasteiger partial charge in [0.2, 0.25) is 5.91 Å². The van der Waals surface area contributed by atoms with Crippen LogP contribution < -0.4 is 5.32 Å². The largest absolute Gasteiger partial charge is 0.394 e. The van der Waals surface area contributed by atoms with Gasteiger partial charge in [-0.25, -0.2) is 0 Å². The Morgan fingerprint density at radius 3 is 1.14 bits per heavy atom. The van der Waals surface area contributed by atoms with Crippen molar-refractivity contribution in [2.45, 2.75) is 285 Å². The number of unbranched alkanes of at least 4 members (excludes halogenated alkanes) is 11. The maximum Gasteiger partial charge on any atom is 0.220 e. The highest BCUT2D eigenvalue weighted by atomic mass is 16.8. The van der Waals surface area contributed by atoms with Gasteiger partial charge in [-0.05, 0) is 109 Å². The van der Waals surface area contributed by atoms with Crippen LogP contribution >= 0.6 is 0 Å². The summed E-state index contributed by atoms with van der Waals surface area (Å²) in [5, 5.41) is 120. The molecule has 0 aliphatic carbocycles. The average molecular weight is 1340 g/mol. The third-order valence-electron chi connectivity index (χ3n) is 16.3. The number of carbonyl (C=O) groups excluding carboxylic acids is 1. The molecule has 0 saturated carbocycles. The quantitative estimate of drug-likeness (QED) is 0.0199. The summed E-state index contributed by atoms with van der Waals surface area (Å²) >= 11 is 0. The van der Waals surface area contributed by atoms with Crippen molar-refractivity contribution in [3.8, 4) is 0 Å². The maximum absolute atomic E-state index is 13.3. The number of nitrogens with one attached hydrogen (secondary N) is 1. The fourth-order valence-electron chi connectivity index (χ4n) is 10.6. The third-order valence-corrected chi connectivity index (χ3v) is 16.3. The summed E-state index contributed by atoms with van der Waals surface area (Å²) in [4.78, 5) is 13.3. The lowest BCUT2D eigenvalue weighted by Crippen LogP contribution is -2.66. The number of hydrogen-bond acceptors (Lipinski definition) is 18. The number of aliphatic hydroxyl groups is 11. The Morgan fingerprint density at radius 1 is 0.389 bits per heavy atom. The summed E-state index contributed by atoms with van der Waals surface area (Å²) < 4.78 is 34.2. The average Bonchev–Trinajstić information content (AvgIpc) is 0.797. The minimum absolute atomic E-state index is 0.202. The van der Waals surface area contributed by atoms with Crippen LogP contribution in [0.15, 0.2) is 158 Å². The van der Waals surface area contributed by atoms with E-state index in [4.69, 9.17) is 28.4 Å². The summed E-state index contributed by atoms with van der Waals surface area (Å²) in [6.07, 6.45) is 54.0. The lowest BCUT2D eigenvalue weighted by atomic mass is 9.96. The first-order valence-corrected chi connectivity index (χ1v) is 35.2. The summed E-state index contributed by atoms with van der Waals surface area (Å²) in [6, 6.07) is -0.996. The van der Waals surface area contributed by atoms with E-state index < -0.39 is 124 Å². The fourth-order valence-corrected chi connectivity index (χ4v) is 10.6. The lowest BCUT2D eigenvalue weighted by molar-refractivity contribution is -0.379. The van der Waals surface area contributed by atoms with Crippen LogP contribution in [0.25, 0.3) is 0 Å². The highest BCUT2D eigenvalue weighted by Gasteiger charge is 2.53. The Labute approximate surface area is 567 Å². The summed E-state index contributed by atoms with van der Waals surface area (Å²) in [5.74, 6) is -0.311. The molecule has 0 radical (unpaired) electrons. The van der Waals surface area contributed by atoms with Crippen molar-refractivity contribution in [1.82, 2.24) is 5.32 Å². The number of hydrogen-bond donors (Lipinski definition) is 12. The molecule has 17 unspecified atom stereocenters. The molecule has 3 saturated heterocycles. The Kier molecular flexibility index (Phi) is 49.3. The number of allylic oxidation sites excluding steroid dienone is 25. The molecule has 3 aliphatic rings. The zero-order chi connectivity index (χ0) is 68.9. The predicted molar refractivity (Wildman–Crippen MR) is 373 cm³/mol. The molecule has 19 nitrogen and oxygen atoms in total. The normalized spacial score (nSPS) is 28.2. The zero-order valence-corrected chi connectivity index (χ0v) is 56.8. The molecule has 3 fully saturated rings. The van der Waals surface area contributed by atoms with E-state index in [9.17, 15) is 61.0 Å². The van der Waals surface area contributed by atoms with Gasteiger partial charge < -0.3 is 89.9 Å². The summed E-state index contributed by atoms with van der Waals surface area (Å²) in [6.45, 7) is 1.51. The lowest BCUT2D eigenvalue weighted by Gasteiger charge is -2.48. The van der Waals surface area contributed by atoms with Gasteiger partial charge in [-0.2, -0.15) is 0 Å². The van der Waals surface area contributed by atoms with Crippen LogP contribution in [-0.4, -0.2) is 193 Å². The van der Waals surface area contributed by atoms with Crippen LogP contribution in [0.5, 0.6) is 0 Å². The molecule has 538 valence electrons. The number of rotatable bonds is 51. The molecule has 12 N–H and O–H groups in total. The van der Waals surface area contributed by atoms with E-state index >= 15 is 0 Å². The molecule has 3 aliphatic heterocycles. The molecule has 3 rings (SSSR count). The van der Waals surface area contributed by atoms with Gasteiger partial charge in [0, 0.05) is 6.42 Å². The minimum Gasteiger partial charge on any atom is -0.394 e. The number of aliphatic hydroxyl groups excluding tert-OH is 11. The van der Waals surface area contributed by atoms with Crippen LogP contribution in [0, 0.1) is 0 Å². The number of carbonyl (C=O) groups is 1. The van der Waals surface area contributed by atoms with Gasteiger partial charge in [0.1, 0.15) is 73.2 Å². The Morgan fingerprint density at radius 2 is 0.726 bits per heavy atom. The molecular formula is C76H121NO18. The summed E-state index contributed by atoms with van der Waals surface area (Å²) in [5.41, 5.74) is 0. The predicted octanol–water partition coefficient (Wildman–Crippen LogP) is 9.71. The highest BCUT2D eigenvalue weighted by Crippen LogP contribution is 2.33. The van der Waals surface area contributed by atoms with Gasteiger partial charge in [-0.1, -0.05) is 223 Å². The molecular weight excluding hydrogens is 1210 g/mol. The molecule has 95 heavy (non-hydrogen) atoms. The molecule has 0 aromatic rings. The van der Waals surface area contributed by atoms with Crippen LogP contribution in [0.1, 0.15) is 181 Å². The number of ether oxygens (including phenoxy) is 6. The second kappa shape index (κ2) is 55.3.